The predicted octanol–water partition coefficient (Wildman–Crippen LogP) is 4.08. The molecule has 0 saturated carbocycles. The second kappa shape index (κ2) is 7.22. The second-order valence-corrected chi connectivity index (χ2v) is 7.73. The number of amides is 1. The molecule has 3 aromatic rings. The first-order chi connectivity index (χ1) is 12.4. The van der Waals surface area contributed by atoms with Crippen LogP contribution in [0.3, 0.4) is 0 Å². The minimum absolute atomic E-state index is 0.0211. The minimum Gasteiger partial charge on any atom is -0.316 e. The van der Waals surface area contributed by atoms with Crippen LogP contribution >= 0.6 is 11.3 Å². The van der Waals surface area contributed by atoms with Gasteiger partial charge < -0.3 is 5.32 Å². The molecule has 2 N–H and O–H groups in total. The van der Waals surface area contributed by atoms with Gasteiger partial charge in [-0.15, -0.1) is 11.3 Å². The Balaban J connectivity index is 1.86. The number of carbonyl (C=O) groups is 1. The van der Waals surface area contributed by atoms with Crippen molar-refractivity contribution in [3.63, 3.8) is 0 Å². The Bertz CT molecular complexity index is 1030. The molecule has 3 rings (SSSR count). The van der Waals surface area contributed by atoms with Crippen LogP contribution in [0.4, 0.5) is 20.2 Å². The molecule has 0 aliphatic heterocycles. The number of thiophene rings is 1. The number of sulfonamides is 1. The molecule has 0 atom stereocenters. The molecule has 0 saturated heterocycles. The lowest BCUT2D eigenvalue weighted by Gasteiger charge is -2.10. The maximum Gasteiger partial charge on any atom is 0.268 e. The fraction of sp³-hybridized carbons (Fsp3) is 0. The molecule has 0 aliphatic rings. The van der Waals surface area contributed by atoms with Gasteiger partial charge in [0.15, 0.2) is 0 Å². The molecule has 2 aromatic carbocycles. The Labute approximate surface area is 152 Å². The van der Waals surface area contributed by atoms with E-state index in [0.717, 1.165) is 23.5 Å². The number of carbonyl (C=O) groups excluding carboxylic acids is 1. The molecular weight excluding hydrogens is 382 g/mol. The highest BCUT2D eigenvalue weighted by Gasteiger charge is 2.21. The highest BCUT2D eigenvalue weighted by molar-refractivity contribution is 7.92. The lowest BCUT2D eigenvalue weighted by Crippen LogP contribution is -2.18. The third-order valence-corrected chi connectivity index (χ3v) is 5.67. The lowest BCUT2D eigenvalue weighted by molar-refractivity contribution is 0.103. The molecule has 0 unspecified atom stereocenters. The molecule has 0 fully saturated rings. The first-order valence-electron chi connectivity index (χ1n) is 7.29. The van der Waals surface area contributed by atoms with Gasteiger partial charge in [0.1, 0.15) is 22.2 Å². The quantitative estimate of drug-likeness (QED) is 0.685. The third kappa shape index (κ3) is 3.73. The van der Waals surface area contributed by atoms with Crippen molar-refractivity contribution in [3.05, 3.63) is 76.5 Å². The van der Waals surface area contributed by atoms with E-state index in [1.165, 1.54) is 29.6 Å². The van der Waals surface area contributed by atoms with Crippen molar-refractivity contribution in [3.8, 4) is 0 Å². The number of rotatable bonds is 5. The zero-order valence-electron chi connectivity index (χ0n) is 13.1. The molecule has 1 amide bonds. The largest absolute Gasteiger partial charge is 0.316 e. The Morgan fingerprint density at radius 1 is 0.923 bits per heavy atom. The van der Waals surface area contributed by atoms with E-state index in [2.05, 4.69) is 10.0 Å². The van der Waals surface area contributed by atoms with Gasteiger partial charge in [-0.1, -0.05) is 24.3 Å². The number of benzene rings is 2. The molecule has 1 heterocycles. The van der Waals surface area contributed by atoms with Crippen LogP contribution in [-0.2, 0) is 10.0 Å². The SMILES string of the molecule is O=C(Nc1c(F)cccc1F)c1sccc1NS(=O)(=O)c1ccccc1. The first-order valence-corrected chi connectivity index (χ1v) is 9.65. The van der Waals surface area contributed by atoms with Gasteiger partial charge in [0, 0.05) is 0 Å². The summed E-state index contributed by atoms with van der Waals surface area (Å²) in [6.45, 7) is 0. The van der Waals surface area contributed by atoms with Gasteiger partial charge in [-0.2, -0.15) is 0 Å². The highest BCUT2D eigenvalue weighted by Crippen LogP contribution is 2.27. The van der Waals surface area contributed by atoms with Crippen LogP contribution in [0.5, 0.6) is 0 Å². The average molecular weight is 394 g/mol. The number of para-hydroxylation sites is 1. The average Bonchev–Trinajstić information content (AvgIpc) is 3.06. The molecular formula is C17H12F2N2O3S2. The van der Waals surface area contributed by atoms with Crippen LogP contribution in [0.25, 0.3) is 0 Å². The number of nitrogens with one attached hydrogen (secondary N) is 2. The number of hydrogen-bond donors (Lipinski definition) is 2. The smallest absolute Gasteiger partial charge is 0.268 e. The van der Waals surface area contributed by atoms with Crippen LogP contribution in [0.1, 0.15) is 9.67 Å². The van der Waals surface area contributed by atoms with Gasteiger partial charge in [-0.05, 0) is 35.7 Å². The monoisotopic (exact) mass is 394 g/mol. The molecule has 9 heteroatoms. The summed E-state index contributed by atoms with van der Waals surface area (Å²) >= 11 is 0.941. The summed E-state index contributed by atoms with van der Waals surface area (Å²) in [7, 11) is -3.90. The maximum absolute atomic E-state index is 13.7. The Morgan fingerprint density at radius 3 is 2.23 bits per heavy atom. The van der Waals surface area contributed by atoms with E-state index in [0.29, 0.717) is 0 Å². The van der Waals surface area contributed by atoms with Crippen LogP contribution in [0.2, 0.25) is 0 Å². The summed E-state index contributed by atoms with van der Waals surface area (Å²) in [6.07, 6.45) is 0. The summed E-state index contributed by atoms with van der Waals surface area (Å²) in [4.78, 5) is 12.4. The molecule has 1 aromatic heterocycles. The Morgan fingerprint density at radius 2 is 1.58 bits per heavy atom. The summed E-state index contributed by atoms with van der Waals surface area (Å²) in [5.41, 5.74) is -0.573. The lowest BCUT2D eigenvalue weighted by atomic mass is 10.2. The highest BCUT2D eigenvalue weighted by atomic mass is 32.2. The van der Waals surface area contributed by atoms with Crippen LogP contribution in [-0.4, -0.2) is 14.3 Å². The predicted molar refractivity (Wildman–Crippen MR) is 95.9 cm³/mol. The molecule has 0 radical (unpaired) electrons. The zero-order chi connectivity index (χ0) is 18.7. The first kappa shape index (κ1) is 18.0. The van der Waals surface area contributed by atoms with Crippen LogP contribution in [0, 0.1) is 11.6 Å². The van der Waals surface area contributed by atoms with Gasteiger partial charge >= 0.3 is 0 Å². The van der Waals surface area contributed by atoms with E-state index in [4.69, 9.17) is 0 Å². The van der Waals surface area contributed by atoms with E-state index in [1.54, 1.807) is 18.2 Å². The minimum atomic E-state index is -3.90. The number of hydrogen-bond acceptors (Lipinski definition) is 4. The number of halogens is 2. The summed E-state index contributed by atoms with van der Waals surface area (Å²) in [5, 5.41) is 3.63. The molecule has 0 bridgehead atoms. The van der Waals surface area contributed by atoms with Gasteiger partial charge in [0.25, 0.3) is 15.9 Å². The molecule has 0 aliphatic carbocycles. The molecule has 26 heavy (non-hydrogen) atoms. The van der Waals surface area contributed by atoms with E-state index in [-0.39, 0.29) is 15.5 Å². The van der Waals surface area contributed by atoms with Crippen molar-refractivity contribution in [2.75, 3.05) is 10.0 Å². The van der Waals surface area contributed by atoms with Crippen molar-refractivity contribution >= 4 is 38.6 Å². The summed E-state index contributed by atoms with van der Waals surface area (Å²) < 4.78 is 54.4. The molecule has 5 nitrogen and oxygen atoms in total. The second-order valence-electron chi connectivity index (χ2n) is 5.13. The fourth-order valence-electron chi connectivity index (χ4n) is 2.16. The third-order valence-electron chi connectivity index (χ3n) is 3.37. The van der Waals surface area contributed by atoms with Gasteiger partial charge in [-0.25, -0.2) is 17.2 Å². The number of anilines is 2. The van der Waals surface area contributed by atoms with Crippen molar-refractivity contribution in [2.45, 2.75) is 4.90 Å². The summed E-state index contributed by atoms with van der Waals surface area (Å²) in [5.74, 6) is -2.68. The molecule has 134 valence electrons. The van der Waals surface area contributed by atoms with Crippen molar-refractivity contribution in [1.29, 1.82) is 0 Å². The van der Waals surface area contributed by atoms with E-state index >= 15 is 0 Å². The van der Waals surface area contributed by atoms with Gasteiger partial charge in [0.2, 0.25) is 0 Å². The summed E-state index contributed by atoms with van der Waals surface area (Å²) in [6, 6.07) is 12.2. The zero-order valence-corrected chi connectivity index (χ0v) is 14.7. The normalized spacial score (nSPS) is 11.2. The van der Waals surface area contributed by atoms with E-state index in [9.17, 15) is 22.0 Å². The van der Waals surface area contributed by atoms with Crippen molar-refractivity contribution < 1.29 is 22.0 Å². The van der Waals surface area contributed by atoms with Crippen LogP contribution in [0.15, 0.2) is 64.9 Å². The Hall–Kier alpha value is -2.78. The van der Waals surface area contributed by atoms with Gasteiger partial charge in [-0.3, -0.25) is 9.52 Å². The fourth-order valence-corrected chi connectivity index (χ4v) is 4.06. The van der Waals surface area contributed by atoms with Crippen LogP contribution < -0.4 is 10.0 Å². The maximum atomic E-state index is 13.7. The topological polar surface area (TPSA) is 75.3 Å². The Kier molecular flexibility index (Phi) is 5.01. The van der Waals surface area contributed by atoms with Crippen molar-refractivity contribution in [1.82, 2.24) is 0 Å². The standard InChI is InChI=1S/C17H12F2N2O3S2/c18-12-7-4-8-13(19)15(12)20-17(22)16-14(9-10-25-16)21-26(23,24)11-5-2-1-3-6-11/h1-10,21H,(H,20,22). The molecule has 0 spiro atoms. The van der Waals surface area contributed by atoms with E-state index < -0.39 is 33.3 Å². The van der Waals surface area contributed by atoms with E-state index in [1.807, 2.05) is 0 Å². The van der Waals surface area contributed by atoms with Gasteiger partial charge in [0.05, 0.1) is 10.6 Å². The van der Waals surface area contributed by atoms with Crippen molar-refractivity contribution in [2.24, 2.45) is 0 Å².